The van der Waals surface area contributed by atoms with Crippen LogP contribution < -0.4 is 5.73 Å². The van der Waals surface area contributed by atoms with Gasteiger partial charge >= 0.3 is 0 Å². The molecule has 0 bridgehead atoms. The normalized spacial score (nSPS) is 15.3. The second-order valence-corrected chi connectivity index (χ2v) is 4.31. The summed E-state index contributed by atoms with van der Waals surface area (Å²) in [5.74, 6) is 0.719. The molecule has 1 fully saturated rings. The fourth-order valence-electron chi connectivity index (χ4n) is 1.99. The summed E-state index contributed by atoms with van der Waals surface area (Å²) in [6.07, 6.45) is 4.48. The van der Waals surface area contributed by atoms with E-state index in [1.165, 1.54) is 18.5 Å². The van der Waals surface area contributed by atoms with Gasteiger partial charge in [0.05, 0.1) is 5.69 Å². The molecule has 0 radical (unpaired) electrons. The van der Waals surface area contributed by atoms with Crippen molar-refractivity contribution in [2.75, 3.05) is 0 Å². The van der Waals surface area contributed by atoms with Gasteiger partial charge in [-0.15, -0.1) is 0 Å². The van der Waals surface area contributed by atoms with Crippen LogP contribution in [-0.4, -0.2) is 9.78 Å². The molecule has 2 N–H and O–H groups in total. The van der Waals surface area contributed by atoms with Gasteiger partial charge in [-0.1, -0.05) is 12.1 Å². The molecule has 0 aliphatic heterocycles. The number of nitrogens with zero attached hydrogens (tertiary/aromatic N) is 2. The maximum absolute atomic E-state index is 5.58. The van der Waals surface area contributed by atoms with E-state index >= 15 is 0 Å². The van der Waals surface area contributed by atoms with Crippen LogP contribution in [-0.2, 0) is 6.54 Å². The van der Waals surface area contributed by atoms with E-state index in [0.29, 0.717) is 6.54 Å². The molecule has 1 saturated carbocycles. The molecule has 1 aliphatic carbocycles. The lowest BCUT2D eigenvalue weighted by Gasteiger charge is -2.07. The molecule has 0 unspecified atom stereocenters. The first-order valence-corrected chi connectivity index (χ1v) is 5.72. The highest BCUT2D eigenvalue weighted by molar-refractivity contribution is 5.36. The standard InChI is InChI=1S/C13H15N3/c14-9-10-1-5-12(6-2-10)16-13(7-8-15-16)11-3-4-11/h1-2,5-8,11H,3-4,9,14H2. The molecule has 1 aromatic carbocycles. The molecule has 16 heavy (non-hydrogen) atoms. The number of hydrogen-bond donors (Lipinski definition) is 1. The van der Waals surface area contributed by atoms with Crippen LogP contribution in [0.1, 0.15) is 30.0 Å². The van der Waals surface area contributed by atoms with Crippen molar-refractivity contribution >= 4 is 0 Å². The van der Waals surface area contributed by atoms with E-state index in [4.69, 9.17) is 5.73 Å². The Kier molecular flexibility index (Phi) is 2.26. The Morgan fingerprint density at radius 3 is 2.56 bits per heavy atom. The van der Waals surface area contributed by atoms with Crippen molar-refractivity contribution in [1.82, 2.24) is 9.78 Å². The lowest BCUT2D eigenvalue weighted by molar-refractivity contribution is 0.807. The van der Waals surface area contributed by atoms with Gasteiger partial charge in [0.15, 0.2) is 0 Å². The Bertz CT molecular complexity index is 480. The molecular formula is C13H15N3. The molecule has 3 heteroatoms. The SMILES string of the molecule is NCc1ccc(-n2nccc2C2CC2)cc1. The summed E-state index contributed by atoms with van der Waals surface area (Å²) in [6.45, 7) is 0.592. The zero-order valence-corrected chi connectivity index (χ0v) is 9.13. The molecule has 3 nitrogen and oxygen atoms in total. The Hall–Kier alpha value is -1.61. The van der Waals surface area contributed by atoms with E-state index in [1.54, 1.807) is 0 Å². The average Bonchev–Trinajstić information content (AvgIpc) is 3.07. The molecule has 1 heterocycles. The summed E-state index contributed by atoms with van der Waals surface area (Å²) in [4.78, 5) is 0. The van der Waals surface area contributed by atoms with Gasteiger partial charge in [-0.05, 0) is 36.6 Å². The molecule has 2 aromatic rings. The van der Waals surface area contributed by atoms with Crippen LogP contribution in [0.25, 0.3) is 5.69 Å². The first-order chi connectivity index (χ1) is 7.88. The minimum atomic E-state index is 0.592. The third-order valence-corrected chi connectivity index (χ3v) is 3.08. The number of aromatic nitrogens is 2. The smallest absolute Gasteiger partial charge is 0.0649 e. The monoisotopic (exact) mass is 213 g/mol. The van der Waals surface area contributed by atoms with Gasteiger partial charge in [0.25, 0.3) is 0 Å². The maximum Gasteiger partial charge on any atom is 0.0649 e. The molecule has 1 aliphatic rings. The minimum Gasteiger partial charge on any atom is -0.326 e. The van der Waals surface area contributed by atoms with Gasteiger partial charge in [0.2, 0.25) is 0 Å². The van der Waals surface area contributed by atoms with E-state index in [9.17, 15) is 0 Å². The number of benzene rings is 1. The fourth-order valence-corrected chi connectivity index (χ4v) is 1.99. The lowest BCUT2D eigenvalue weighted by Crippen LogP contribution is -2.02. The van der Waals surface area contributed by atoms with Crippen molar-refractivity contribution in [3.63, 3.8) is 0 Å². The molecule has 0 amide bonds. The molecule has 82 valence electrons. The van der Waals surface area contributed by atoms with E-state index in [-0.39, 0.29) is 0 Å². The quantitative estimate of drug-likeness (QED) is 0.849. The summed E-state index contributed by atoms with van der Waals surface area (Å²) in [5, 5.41) is 4.39. The molecule has 1 aromatic heterocycles. The Balaban J connectivity index is 1.97. The highest BCUT2D eigenvalue weighted by Gasteiger charge is 2.27. The largest absolute Gasteiger partial charge is 0.326 e. The summed E-state index contributed by atoms with van der Waals surface area (Å²) in [6, 6.07) is 10.4. The van der Waals surface area contributed by atoms with Crippen LogP contribution in [0, 0.1) is 0 Å². The second-order valence-electron chi connectivity index (χ2n) is 4.31. The van der Waals surface area contributed by atoms with E-state index in [2.05, 4.69) is 35.4 Å². The highest BCUT2D eigenvalue weighted by Crippen LogP contribution is 2.40. The van der Waals surface area contributed by atoms with Crippen LogP contribution in [0.2, 0.25) is 0 Å². The van der Waals surface area contributed by atoms with E-state index in [1.807, 2.05) is 10.9 Å². The van der Waals surface area contributed by atoms with Crippen LogP contribution in [0.15, 0.2) is 36.5 Å². The van der Waals surface area contributed by atoms with Crippen molar-refractivity contribution < 1.29 is 0 Å². The van der Waals surface area contributed by atoms with Gasteiger partial charge < -0.3 is 5.73 Å². The fraction of sp³-hybridized carbons (Fsp3) is 0.308. The number of rotatable bonds is 3. The Morgan fingerprint density at radius 1 is 1.19 bits per heavy atom. The van der Waals surface area contributed by atoms with Gasteiger partial charge in [-0.25, -0.2) is 4.68 Å². The number of hydrogen-bond acceptors (Lipinski definition) is 2. The van der Waals surface area contributed by atoms with Crippen LogP contribution in [0.3, 0.4) is 0 Å². The first kappa shape index (κ1) is 9.60. The molecule has 0 spiro atoms. The maximum atomic E-state index is 5.58. The Morgan fingerprint density at radius 2 is 1.94 bits per heavy atom. The van der Waals surface area contributed by atoms with Crippen LogP contribution in [0.5, 0.6) is 0 Å². The lowest BCUT2D eigenvalue weighted by atomic mass is 10.2. The number of nitrogens with two attached hydrogens (primary N) is 1. The zero-order valence-electron chi connectivity index (χ0n) is 9.13. The molecule has 0 atom stereocenters. The van der Waals surface area contributed by atoms with Crippen molar-refractivity contribution in [1.29, 1.82) is 0 Å². The molecule has 0 saturated heterocycles. The summed E-state index contributed by atoms with van der Waals surface area (Å²) < 4.78 is 2.04. The predicted octanol–water partition coefficient (Wildman–Crippen LogP) is 2.21. The van der Waals surface area contributed by atoms with Gasteiger partial charge in [-0.2, -0.15) is 5.10 Å². The summed E-state index contributed by atoms with van der Waals surface area (Å²) >= 11 is 0. The third-order valence-electron chi connectivity index (χ3n) is 3.08. The van der Waals surface area contributed by atoms with Crippen molar-refractivity contribution in [3.8, 4) is 5.69 Å². The average molecular weight is 213 g/mol. The topological polar surface area (TPSA) is 43.8 Å². The zero-order chi connectivity index (χ0) is 11.0. The van der Waals surface area contributed by atoms with E-state index < -0.39 is 0 Å². The van der Waals surface area contributed by atoms with Crippen LogP contribution in [0.4, 0.5) is 0 Å². The van der Waals surface area contributed by atoms with Crippen LogP contribution >= 0.6 is 0 Å². The first-order valence-electron chi connectivity index (χ1n) is 5.72. The van der Waals surface area contributed by atoms with Crippen molar-refractivity contribution in [2.45, 2.75) is 25.3 Å². The predicted molar refractivity (Wildman–Crippen MR) is 63.4 cm³/mol. The second kappa shape index (κ2) is 3.76. The summed E-state index contributed by atoms with van der Waals surface area (Å²) in [7, 11) is 0. The molecular weight excluding hydrogens is 198 g/mol. The van der Waals surface area contributed by atoms with Crippen molar-refractivity contribution in [2.24, 2.45) is 5.73 Å². The summed E-state index contributed by atoms with van der Waals surface area (Å²) in [5.41, 5.74) is 9.20. The van der Waals surface area contributed by atoms with Gasteiger partial charge in [-0.3, -0.25) is 0 Å². The van der Waals surface area contributed by atoms with Gasteiger partial charge in [0, 0.05) is 24.4 Å². The molecule has 3 rings (SSSR count). The third kappa shape index (κ3) is 1.63. The minimum absolute atomic E-state index is 0.592. The van der Waals surface area contributed by atoms with Gasteiger partial charge in [0.1, 0.15) is 0 Å². The Labute approximate surface area is 94.9 Å². The van der Waals surface area contributed by atoms with Crippen molar-refractivity contribution in [3.05, 3.63) is 47.8 Å². The van der Waals surface area contributed by atoms with E-state index in [0.717, 1.165) is 17.2 Å². The highest BCUT2D eigenvalue weighted by atomic mass is 15.3.